The van der Waals surface area contributed by atoms with E-state index in [4.69, 9.17) is 10.5 Å². The Morgan fingerprint density at radius 1 is 1.47 bits per heavy atom. The predicted molar refractivity (Wildman–Crippen MR) is 72.3 cm³/mol. The van der Waals surface area contributed by atoms with Crippen LogP contribution in [0.4, 0.5) is 4.39 Å². The zero-order chi connectivity index (χ0) is 14.6. The van der Waals surface area contributed by atoms with Crippen molar-refractivity contribution in [3.8, 4) is 5.75 Å². The van der Waals surface area contributed by atoms with E-state index in [0.29, 0.717) is 11.3 Å². The normalized spacial score (nSPS) is 11.3. The van der Waals surface area contributed by atoms with Gasteiger partial charge in [0.1, 0.15) is 11.6 Å². The fourth-order valence-electron chi connectivity index (χ4n) is 1.80. The maximum absolute atomic E-state index is 13.3. The van der Waals surface area contributed by atoms with E-state index in [-0.39, 0.29) is 24.8 Å². The lowest BCUT2D eigenvalue weighted by molar-refractivity contribution is -0.139. The van der Waals surface area contributed by atoms with Crippen LogP contribution in [-0.2, 0) is 11.3 Å². The van der Waals surface area contributed by atoms with Gasteiger partial charge in [0.15, 0.2) is 0 Å². The number of hydrogen-bond donors (Lipinski definition) is 1. The summed E-state index contributed by atoms with van der Waals surface area (Å²) in [5.74, 6) is 0.127. The minimum absolute atomic E-state index is 0.0821. The van der Waals surface area contributed by atoms with Crippen molar-refractivity contribution in [2.24, 2.45) is 11.1 Å². The summed E-state index contributed by atoms with van der Waals surface area (Å²) in [6.45, 7) is 4.11. The second-order valence-electron chi connectivity index (χ2n) is 5.21. The van der Waals surface area contributed by atoms with Crippen LogP contribution in [0.25, 0.3) is 0 Å². The number of amides is 1. The fraction of sp³-hybridized carbons (Fsp3) is 0.500. The molecule has 0 aliphatic rings. The number of hydrogen-bond acceptors (Lipinski definition) is 3. The number of benzene rings is 1. The second-order valence-corrected chi connectivity index (χ2v) is 5.21. The van der Waals surface area contributed by atoms with Crippen LogP contribution in [0.3, 0.4) is 0 Å². The third kappa shape index (κ3) is 3.67. The summed E-state index contributed by atoms with van der Waals surface area (Å²) in [4.78, 5) is 13.7. The van der Waals surface area contributed by atoms with E-state index in [2.05, 4.69) is 0 Å². The van der Waals surface area contributed by atoms with E-state index >= 15 is 0 Å². The lowest BCUT2D eigenvalue weighted by Crippen LogP contribution is -2.42. The van der Waals surface area contributed by atoms with Crippen LogP contribution >= 0.6 is 0 Å². The molecule has 0 saturated carbocycles. The highest BCUT2D eigenvalue weighted by atomic mass is 19.1. The Kier molecular flexibility index (Phi) is 4.89. The van der Waals surface area contributed by atoms with Crippen molar-refractivity contribution < 1.29 is 13.9 Å². The van der Waals surface area contributed by atoms with Gasteiger partial charge < -0.3 is 15.4 Å². The summed E-state index contributed by atoms with van der Waals surface area (Å²) in [7, 11) is 3.19. The molecule has 5 heteroatoms. The first-order valence-electron chi connectivity index (χ1n) is 6.10. The third-order valence-electron chi connectivity index (χ3n) is 3.09. The molecule has 1 aromatic carbocycles. The number of ether oxygens (including phenoxy) is 1. The molecule has 0 heterocycles. The van der Waals surface area contributed by atoms with E-state index in [0.717, 1.165) is 0 Å². The summed E-state index contributed by atoms with van der Waals surface area (Å²) < 4.78 is 18.4. The van der Waals surface area contributed by atoms with Gasteiger partial charge in [0.25, 0.3) is 0 Å². The van der Waals surface area contributed by atoms with Crippen LogP contribution in [-0.4, -0.2) is 31.5 Å². The lowest BCUT2D eigenvalue weighted by Gasteiger charge is -2.28. The van der Waals surface area contributed by atoms with Gasteiger partial charge in [0.2, 0.25) is 5.91 Å². The van der Waals surface area contributed by atoms with Crippen LogP contribution < -0.4 is 10.5 Å². The molecule has 106 valence electrons. The molecule has 0 spiro atoms. The standard InChI is InChI=1S/C14H21FN2O2/c1-14(2,9-16)13(18)17(3)8-10-7-11(15)5-6-12(10)19-4/h5-7H,8-9,16H2,1-4H3. The molecule has 0 bridgehead atoms. The Morgan fingerprint density at radius 3 is 2.63 bits per heavy atom. The number of carbonyl (C=O) groups is 1. The maximum atomic E-state index is 13.3. The predicted octanol–water partition coefficient (Wildman–Crippen LogP) is 1.78. The van der Waals surface area contributed by atoms with Crippen molar-refractivity contribution in [3.63, 3.8) is 0 Å². The van der Waals surface area contributed by atoms with Gasteiger partial charge >= 0.3 is 0 Å². The Balaban J connectivity index is 2.91. The van der Waals surface area contributed by atoms with Crippen molar-refractivity contribution in [3.05, 3.63) is 29.6 Å². The molecule has 0 unspecified atom stereocenters. The quantitative estimate of drug-likeness (QED) is 0.885. The Bertz CT molecular complexity index is 461. The van der Waals surface area contributed by atoms with Crippen molar-refractivity contribution in [2.75, 3.05) is 20.7 Å². The monoisotopic (exact) mass is 268 g/mol. The number of methoxy groups -OCH3 is 1. The molecule has 0 saturated heterocycles. The summed E-state index contributed by atoms with van der Waals surface area (Å²) in [6, 6.07) is 4.25. The first kappa shape index (κ1) is 15.4. The Hall–Kier alpha value is -1.62. The number of halogens is 1. The average molecular weight is 268 g/mol. The molecule has 1 rings (SSSR count). The van der Waals surface area contributed by atoms with Gasteiger partial charge in [-0.15, -0.1) is 0 Å². The summed E-state index contributed by atoms with van der Waals surface area (Å²) in [5.41, 5.74) is 5.59. The SMILES string of the molecule is COc1ccc(F)cc1CN(C)C(=O)C(C)(C)CN. The summed E-state index contributed by atoms with van der Waals surface area (Å²) in [6.07, 6.45) is 0. The van der Waals surface area contributed by atoms with Crippen LogP contribution in [0.1, 0.15) is 19.4 Å². The van der Waals surface area contributed by atoms with E-state index in [1.165, 1.54) is 24.1 Å². The molecule has 0 aromatic heterocycles. The summed E-state index contributed by atoms with van der Waals surface area (Å²) >= 11 is 0. The molecule has 0 atom stereocenters. The first-order chi connectivity index (χ1) is 8.81. The average Bonchev–Trinajstić information content (AvgIpc) is 2.38. The largest absolute Gasteiger partial charge is 0.496 e. The molecule has 0 radical (unpaired) electrons. The maximum Gasteiger partial charge on any atom is 0.229 e. The van der Waals surface area contributed by atoms with Crippen LogP contribution in [0.2, 0.25) is 0 Å². The fourth-order valence-corrected chi connectivity index (χ4v) is 1.80. The zero-order valence-electron chi connectivity index (χ0n) is 11.9. The molecule has 0 fully saturated rings. The van der Waals surface area contributed by atoms with Gasteiger partial charge in [0, 0.05) is 25.7 Å². The Labute approximate surface area is 113 Å². The Morgan fingerprint density at radius 2 is 2.11 bits per heavy atom. The molecule has 4 nitrogen and oxygen atoms in total. The number of rotatable bonds is 5. The number of nitrogens with two attached hydrogens (primary N) is 1. The van der Waals surface area contributed by atoms with E-state index in [9.17, 15) is 9.18 Å². The number of nitrogens with zero attached hydrogens (tertiary/aromatic N) is 1. The molecule has 2 N–H and O–H groups in total. The van der Waals surface area contributed by atoms with Crippen LogP contribution in [0, 0.1) is 11.2 Å². The molecule has 19 heavy (non-hydrogen) atoms. The highest BCUT2D eigenvalue weighted by Crippen LogP contribution is 2.23. The van der Waals surface area contributed by atoms with Gasteiger partial charge in [-0.3, -0.25) is 4.79 Å². The lowest BCUT2D eigenvalue weighted by atomic mass is 9.92. The van der Waals surface area contributed by atoms with E-state index in [1.54, 1.807) is 27.0 Å². The van der Waals surface area contributed by atoms with Crippen LogP contribution in [0.5, 0.6) is 5.75 Å². The van der Waals surface area contributed by atoms with Gasteiger partial charge in [-0.05, 0) is 32.0 Å². The van der Waals surface area contributed by atoms with Crippen molar-refractivity contribution in [1.29, 1.82) is 0 Å². The van der Waals surface area contributed by atoms with E-state index < -0.39 is 5.41 Å². The highest BCUT2D eigenvalue weighted by Gasteiger charge is 2.29. The first-order valence-corrected chi connectivity index (χ1v) is 6.10. The minimum atomic E-state index is -0.630. The third-order valence-corrected chi connectivity index (χ3v) is 3.09. The molecule has 0 aliphatic heterocycles. The molecular formula is C14H21FN2O2. The van der Waals surface area contributed by atoms with Crippen molar-refractivity contribution in [1.82, 2.24) is 4.90 Å². The minimum Gasteiger partial charge on any atom is -0.496 e. The second kappa shape index (κ2) is 6.02. The van der Waals surface area contributed by atoms with Gasteiger partial charge in [0.05, 0.1) is 12.5 Å². The highest BCUT2D eigenvalue weighted by molar-refractivity contribution is 5.82. The summed E-state index contributed by atoms with van der Waals surface area (Å²) in [5, 5.41) is 0. The topological polar surface area (TPSA) is 55.6 Å². The molecule has 1 aromatic rings. The van der Waals surface area contributed by atoms with Gasteiger partial charge in [-0.25, -0.2) is 4.39 Å². The van der Waals surface area contributed by atoms with Gasteiger partial charge in [-0.1, -0.05) is 0 Å². The zero-order valence-corrected chi connectivity index (χ0v) is 11.9. The molecule has 1 amide bonds. The van der Waals surface area contributed by atoms with Crippen LogP contribution in [0.15, 0.2) is 18.2 Å². The van der Waals surface area contributed by atoms with Gasteiger partial charge in [-0.2, -0.15) is 0 Å². The molecular weight excluding hydrogens is 247 g/mol. The molecule has 0 aliphatic carbocycles. The smallest absolute Gasteiger partial charge is 0.229 e. The van der Waals surface area contributed by atoms with Crippen molar-refractivity contribution in [2.45, 2.75) is 20.4 Å². The van der Waals surface area contributed by atoms with E-state index in [1.807, 2.05) is 0 Å². The number of carbonyl (C=O) groups excluding carboxylic acids is 1. The van der Waals surface area contributed by atoms with Crippen molar-refractivity contribution >= 4 is 5.91 Å².